The number of nitrogens with zero attached hydrogens (tertiary/aromatic N) is 3. The molecule has 0 saturated heterocycles. The third-order valence-corrected chi connectivity index (χ3v) is 2.78. The first-order valence-corrected chi connectivity index (χ1v) is 6.47. The quantitative estimate of drug-likeness (QED) is 0.749. The number of nitriles is 1. The average molecular weight is 282 g/mol. The van der Waals surface area contributed by atoms with Crippen LogP contribution in [0.3, 0.4) is 0 Å². The minimum Gasteiger partial charge on any atom is -0.465 e. The molecule has 5 nitrogen and oxygen atoms in total. The molecule has 0 radical (unpaired) electrons. The predicted molar refractivity (Wildman–Crippen MR) is 73.1 cm³/mol. The second-order valence-electron chi connectivity index (χ2n) is 3.83. The molecule has 1 rings (SSSR count). The summed E-state index contributed by atoms with van der Waals surface area (Å²) in [6.45, 7) is 4.76. The fourth-order valence-corrected chi connectivity index (χ4v) is 1.91. The summed E-state index contributed by atoms with van der Waals surface area (Å²) in [5.41, 5.74) is 0.344. The van der Waals surface area contributed by atoms with Gasteiger partial charge >= 0.3 is 5.97 Å². The Hall–Kier alpha value is -1.80. The number of rotatable bonds is 6. The highest BCUT2D eigenvalue weighted by Crippen LogP contribution is 2.26. The molecule has 1 aromatic rings. The fourth-order valence-electron chi connectivity index (χ4n) is 1.63. The highest BCUT2D eigenvalue weighted by molar-refractivity contribution is 6.34. The van der Waals surface area contributed by atoms with Gasteiger partial charge in [-0.3, -0.25) is 4.79 Å². The van der Waals surface area contributed by atoms with Crippen LogP contribution in [0.2, 0.25) is 5.02 Å². The third-order valence-electron chi connectivity index (χ3n) is 2.41. The lowest BCUT2D eigenvalue weighted by Gasteiger charge is -2.23. The normalized spacial score (nSPS) is 9.79. The first-order chi connectivity index (χ1) is 9.13. The van der Waals surface area contributed by atoms with E-state index in [9.17, 15) is 4.79 Å². The summed E-state index contributed by atoms with van der Waals surface area (Å²) in [5.74, 6) is 0.104. The number of ether oxygens (including phenoxy) is 1. The van der Waals surface area contributed by atoms with Crippen molar-refractivity contribution in [1.29, 1.82) is 5.26 Å². The lowest BCUT2D eigenvalue weighted by atomic mass is 10.2. The van der Waals surface area contributed by atoms with Crippen molar-refractivity contribution in [2.24, 2.45) is 0 Å². The van der Waals surface area contributed by atoms with Gasteiger partial charge < -0.3 is 9.64 Å². The van der Waals surface area contributed by atoms with E-state index in [1.165, 1.54) is 6.20 Å². The third kappa shape index (κ3) is 4.11. The van der Waals surface area contributed by atoms with Crippen molar-refractivity contribution in [3.05, 3.63) is 22.8 Å². The zero-order chi connectivity index (χ0) is 14.3. The molecule has 1 aromatic heterocycles. The molecule has 102 valence electrons. The van der Waals surface area contributed by atoms with Gasteiger partial charge in [-0.15, -0.1) is 0 Å². The summed E-state index contributed by atoms with van der Waals surface area (Å²) in [6.07, 6.45) is 2.34. The van der Waals surface area contributed by atoms with Crippen LogP contribution in [0.5, 0.6) is 0 Å². The first-order valence-electron chi connectivity index (χ1n) is 6.09. The SMILES string of the molecule is CCCN(CC(=O)OCC)c1nccc(C#N)c1Cl. The highest BCUT2D eigenvalue weighted by Gasteiger charge is 2.17. The van der Waals surface area contributed by atoms with Gasteiger partial charge in [0.25, 0.3) is 0 Å². The summed E-state index contributed by atoms with van der Waals surface area (Å²) >= 11 is 6.12. The van der Waals surface area contributed by atoms with Crippen LogP contribution in [0.25, 0.3) is 0 Å². The minimum absolute atomic E-state index is 0.0727. The van der Waals surface area contributed by atoms with E-state index in [0.717, 1.165) is 6.42 Å². The van der Waals surface area contributed by atoms with Crippen LogP contribution in [-0.4, -0.2) is 30.6 Å². The van der Waals surface area contributed by atoms with Crippen molar-refractivity contribution < 1.29 is 9.53 Å². The predicted octanol–water partition coefficient (Wildman–Crippen LogP) is 2.39. The van der Waals surface area contributed by atoms with Crippen molar-refractivity contribution in [1.82, 2.24) is 4.98 Å². The molecule has 6 heteroatoms. The van der Waals surface area contributed by atoms with Gasteiger partial charge in [0.1, 0.15) is 23.5 Å². The van der Waals surface area contributed by atoms with Crippen molar-refractivity contribution in [2.45, 2.75) is 20.3 Å². The summed E-state index contributed by atoms with van der Waals surface area (Å²) in [4.78, 5) is 17.4. The van der Waals surface area contributed by atoms with Crippen LogP contribution in [-0.2, 0) is 9.53 Å². The first kappa shape index (κ1) is 15.3. The average Bonchev–Trinajstić information content (AvgIpc) is 2.39. The molecule has 0 aliphatic rings. The molecule has 0 aliphatic heterocycles. The van der Waals surface area contributed by atoms with Crippen LogP contribution >= 0.6 is 11.6 Å². The molecule has 0 N–H and O–H groups in total. The van der Waals surface area contributed by atoms with Gasteiger partial charge in [0.05, 0.1) is 12.2 Å². The van der Waals surface area contributed by atoms with Crippen LogP contribution in [0.1, 0.15) is 25.8 Å². The van der Waals surface area contributed by atoms with Gasteiger partial charge in [0, 0.05) is 12.7 Å². The maximum Gasteiger partial charge on any atom is 0.325 e. The van der Waals surface area contributed by atoms with Crippen LogP contribution in [0, 0.1) is 11.3 Å². The molecule has 1 heterocycles. The fraction of sp³-hybridized carbons (Fsp3) is 0.462. The van der Waals surface area contributed by atoms with Gasteiger partial charge in [-0.05, 0) is 19.4 Å². The molecular weight excluding hydrogens is 266 g/mol. The Balaban J connectivity index is 2.99. The Morgan fingerprint density at radius 3 is 2.89 bits per heavy atom. The van der Waals surface area contributed by atoms with Gasteiger partial charge in [-0.1, -0.05) is 18.5 Å². The van der Waals surface area contributed by atoms with Crippen LogP contribution in [0.4, 0.5) is 5.82 Å². The molecule has 0 spiro atoms. The van der Waals surface area contributed by atoms with E-state index in [1.807, 2.05) is 13.0 Å². The van der Waals surface area contributed by atoms with Crippen molar-refractivity contribution in [3.8, 4) is 6.07 Å². The largest absolute Gasteiger partial charge is 0.465 e. The number of halogens is 1. The number of anilines is 1. The number of aromatic nitrogens is 1. The standard InChI is InChI=1S/C13H16ClN3O2/c1-3-7-17(9-11(18)19-4-2)13-12(14)10(8-15)5-6-16-13/h5-6H,3-4,7,9H2,1-2H3. The van der Waals surface area contributed by atoms with Crippen molar-refractivity contribution in [2.75, 3.05) is 24.6 Å². The van der Waals surface area contributed by atoms with Gasteiger partial charge in [0.2, 0.25) is 0 Å². The second kappa shape index (κ2) is 7.59. The maximum atomic E-state index is 11.6. The van der Waals surface area contributed by atoms with E-state index >= 15 is 0 Å². The second-order valence-corrected chi connectivity index (χ2v) is 4.21. The van der Waals surface area contributed by atoms with E-state index in [1.54, 1.807) is 17.9 Å². The monoisotopic (exact) mass is 281 g/mol. The van der Waals surface area contributed by atoms with Crippen LogP contribution < -0.4 is 4.90 Å². The number of carbonyl (C=O) groups excluding carboxylic acids is 1. The number of esters is 1. The van der Waals surface area contributed by atoms with E-state index in [4.69, 9.17) is 21.6 Å². The zero-order valence-electron chi connectivity index (χ0n) is 11.0. The van der Waals surface area contributed by atoms with Gasteiger partial charge in [-0.2, -0.15) is 5.26 Å². The molecule has 0 saturated carbocycles. The Kier molecular flexibility index (Phi) is 6.10. The molecule has 0 unspecified atom stereocenters. The Labute approximate surface area is 117 Å². The Morgan fingerprint density at radius 1 is 1.58 bits per heavy atom. The molecule has 0 amide bonds. The van der Waals surface area contributed by atoms with Gasteiger partial charge in [-0.25, -0.2) is 4.98 Å². The topological polar surface area (TPSA) is 66.2 Å². The lowest BCUT2D eigenvalue weighted by Crippen LogP contribution is -2.32. The molecule has 0 aromatic carbocycles. The molecule has 0 fully saturated rings. The van der Waals surface area contributed by atoms with Gasteiger partial charge in [0.15, 0.2) is 0 Å². The maximum absolute atomic E-state index is 11.6. The summed E-state index contributed by atoms with van der Waals surface area (Å²) in [5, 5.41) is 9.21. The van der Waals surface area contributed by atoms with E-state index < -0.39 is 0 Å². The lowest BCUT2D eigenvalue weighted by molar-refractivity contribution is -0.141. The molecule has 0 bridgehead atoms. The smallest absolute Gasteiger partial charge is 0.325 e. The number of hydrogen-bond acceptors (Lipinski definition) is 5. The van der Waals surface area contributed by atoms with E-state index in [0.29, 0.717) is 24.5 Å². The Morgan fingerprint density at radius 2 is 2.32 bits per heavy atom. The Bertz CT molecular complexity index is 485. The summed E-state index contributed by atoms with van der Waals surface area (Å²) in [6, 6.07) is 3.54. The van der Waals surface area contributed by atoms with Crippen molar-refractivity contribution >= 4 is 23.4 Å². The van der Waals surface area contributed by atoms with Crippen LogP contribution in [0.15, 0.2) is 12.3 Å². The van der Waals surface area contributed by atoms with E-state index in [-0.39, 0.29) is 17.5 Å². The minimum atomic E-state index is -0.337. The molecular formula is C13H16ClN3O2. The number of hydrogen-bond donors (Lipinski definition) is 0. The molecule has 0 atom stereocenters. The zero-order valence-corrected chi connectivity index (χ0v) is 11.8. The summed E-state index contributed by atoms with van der Waals surface area (Å²) in [7, 11) is 0. The summed E-state index contributed by atoms with van der Waals surface area (Å²) < 4.78 is 4.92. The van der Waals surface area contributed by atoms with Crippen molar-refractivity contribution in [3.63, 3.8) is 0 Å². The van der Waals surface area contributed by atoms with E-state index in [2.05, 4.69) is 4.98 Å². The molecule has 0 aliphatic carbocycles. The number of pyridine rings is 1. The number of carbonyl (C=O) groups is 1. The highest BCUT2D eigenvalue weighted by atomic mass is 35.5. The molecule has 19 heavy (non-hydrogen) atoms.